The van der Waals surface area contributed by atoms with E-state index in [4.69, 9.17) is 11.6 Å². The number of hydrogen-bond acceptors (Lipinski definition) is 3. The van der Waals surface area contributed by atoms with Crippen LogP contribution in [0, 0.1) is 34.5 Å². The van der Waals surface area contributed by atoms with Gasteiger partial charge in [0.2, 0.25) is 0 Å². The van der Waals surface area contributed by atoms with E-state index in [2.05, 4.69) is 0 Å². The first-order chi connectivity index (χ1) is 13.0. The van der Waals surface area contributed by atoms with E-state index in [1.807, 2.05) is 13.8 Å². The number of aliphatic hydroxyl groups is 1. The molecule has 0 aromatic rings. The molecule has 6 heteroatoms. The Morgan fingerprint density at radius 2 is 1.96 bits per heavy atom. The van der Waals surface area contributed by atoms with Crippen molar-refractivity contribution in [2.45, 2.75) is 57.3 Å². The third-order valence-electron chi connectivity index (χ3n) is 8.43. The van der Waals surface area contributed by atoms with Crippen molar-refractivity contribution in [2.24, 2.45) is 34.5 Å². The van der Waals surface area contributed by atoms with Crippen molar-refractivity contribution in [3.05, 3.63) is 23.8 Å². The molecule has 0 spiro atoms. The van der Waals surface area contributed by atoms with Gasteiger partial charge in [0, 0.05) is 11.3 Å². The molecule has 1 N–H and O–H groups in total. The second-order valence-corrected chi connectivity index (χ2v) is 10.3. The fourth-order valence-corrected chi connectivity index (χ4v) is 7.78. The van der Waals surface area contributed by atoms with Crippen molar-refractivity contribution < 1.29 is 23.5 Å². The van der Waals surface area contributed by atoms with E-state index in [1.54, 1.807) is 13.0 Å². The number of halogens is 3. The number of carbonyl (C=O) groups is 2. The van der Waals surface area contributed by atoms with Crippen LogP contribution < -0.4 is 0 Å². The van der Waals surface area contributed by atoms with Crippen LogP contribution in [0.25, 0.3) is 0 Å². The van der Waals surface area contributed by atoms with Crippen molar-refractivity contribution in [1.82, 2.24) is 0 Å². The van der Waals surface area contributed by atoms with E-state index in [0.717, 1.165) is 0 Å². The predicted molar refractivity (Wildman–Crippen MR) is 102 cm³/mol. The third-order valence-corrected chi connectivity index (χ3v) is 9.34. The smallest absolute Gasteiger partial charge is 0.178 e. The number of allylic oxidation sites excluding steroid dienone is 4. The summed E-state index contributed by atoms with van der Waals surface area (Å²) in [7, 11) is 0. The van der Waals surface area contributed by atoms with E-state index in [9.17, 15) is 14.7 Å². The number of rotatable bonds is 2. The van der Waals surface area contributed by atoms with Crippen molar-refractivity contribution >= 4 is 23.2 Å². The third kappa shape index (κ3) is 2.29. The topological polar surface area (TPSA) is 54.4 Å². The summed E-state index contributed by atoms with van der Waals surface area (Å²) in [6, 6.07) is 0. The van der Waals surface area contributed by atoms with Gasteiger partial charge in [-0.2, -0.15) is 0 Å². The average molecular weight is 413 g/mol. The lowest BCUT2D eigenvalue weighted by molar-refractivity contribution is -0.136. The number of fused-ring (bicyclic) bond motifs is 5. The molecule has 4 aliphatic rings. The Kier molecular flexibility index (Phi) is 4.49. The quantitative estimate of drug-likeness (QED) is 0.698. The molecular weight excluding hydrogens is 386 g/mol. The molecule has 3 nitrogen and oxygen atoms in total. The summed E-state index contributed by atoms with van der Waals surface area (Å²) in [6.45, 7) is 5.03. The van der Waals surface area contributed by atoms with E-state index in [1.165, 1.54) is 12.2 Å². The fraction of sp³-hybridized carbons (Fsp3) is 0.727. The van der Waals surface area contributed by atoms with Gasteiger partial charge in [-0.25, -0.2) is 8.78 Å². The number of carbonyl (C=O) groups excluding carboxylic acids is 2. The number of alkyl halides is 3. The number of aliphatic hydroxyl groups excluding tert-OH is 1. The zero-order valence-electron chi connectivity index (χ0n) is 16.4. The molecule has 0 bridgehead atoms. The van der Waals surface area contributed by atoms with Crippen LogP contribution in [0.15, 0.2) is 23.8 Å². The van der Waals surface area contributed by atoms with Crippen molar-refractivity contribution in [2.75, 3.05) is 6.61 Å². The normalized spacial score (nSPS) is 52.5. The van der Waals surface area contributed by atoms with Crippen molar-refractivity contribution in [3.63, 3.8) is 0 Å². The lowest BCUT2D eigenvalue weighted by Crippen LogP contribution is -2.66. The van der Waals surface area contributed by atoms with Gasteiger partial charge in [0.1, 0.15) is 19.0 Å². The van der Waals surface area contributed by atoms with Crippen LogP contribution >= 0.6 is 11.6 Å². The summed E-state index contributed by atoms with van der Waals surface area (Å²) in [4.78, 5) is 23.0. The first-order valence-electron chi connectivity index (χ1n) is 10.1. The molecule has 4 aliphatic carbocycles. The van der Waals surface area contributed by atoms with E-state index in [-0.39, 0.29) is 41.8 Å². The average Bonchev–Trinajstić information content (AvgIpc) is 2.89. The standard InChI is InChI=1S/C22H27ClF2O3/c1-11-6-13-14-8-16(24)15-7-12(27)4-5-21(15,3)22(14,23)18(25)9-20(13,2)19(11)17(28)10-26/h4-5,7,11,13-14,16,18-19,26H,6,8-10H2,1-3H3/t11-,13+,14+,16-,18+,19-,20+,21+,22?/m0/s1. The second-order valence-electron chi connectivity index (χ2n) is 9.71. The van der Waals surface area contributed by atoms with Gasteiger partial charge in [-0.3, -0.25) is 9.59 Å². The molecule has 1 unspecified atom stereocenters. The Labute approximate surface area is 169 Å². The maximum Gasteiger partial charge on any atom is 0.178 e. The van der Waals surface area contributed by atoms with Gasteiger partial charge < -0.3 is 5.11 Å². The van der Waals surface area contributed by atoms with Crippen LogP contribution in [0.2, 0.25) is 0 Å². The molecule has 0 aromatic carbocycles. The maximum atomic E-state index is 15.9. The molecule has 3 fully saturated rings. The highest BCUT2D eigenvalue weighted by atomic mass is 35.5. The van der Waals surface area contributed by atoms with E-state index >= 15 is 8.78 Å². The molecule has 154 valence electrons. The van der Waals surface area contributed by atoms with Gasteiger partial charge >= 0.3 is 0 Å². The number of hydrogen-bond donors (Lipinski definition) is 1. The fourth-order valence-electron chi connectivity index (χ4n) is 7.29. The Hall–Kier alpha value is -1.07. The molecule has 0 aliphatic heterocycles. The van der Waals surface area contributed by atoms with Gasteiger partial charge in [-0.15, -0.1) is 11.6 Å². The molecule has 0 amide bonds. The molecule has 4 rings (SSSR count). The second kappa shape index (κ2) is 6.21. The van der Waals surface area contributed by atoms with Crippen LogP contribution in [-0.2, 0) is 9.59 Å². The highest BCUT2D eigenvalue weighted by Crippen LogP contribution is 2.71. The Morgan fingerprint density at radius 1 is 1.29 bits per heavy atom. The Morgan fingerprint density at radius 3 is 2.61 bits per heavy atom. The highest BCUT2D eigenvalue weighted by molar-refractivity contribution is 6.26. The predicted octanol–water partition coefficient (Wildman–Crippen LogP) is 3.98. The van der Waals surface area contributed by atoms with Crippen LogP contribution in [0.4, 0.5) is 8.78 Å². The molecular formula is C22H27ClF2O3. The number of Topliss-reactive ketones (excluding diaryl/α,β-unsaturated/α-hetero) is 1. The van der Waals surface area contributed by atoms with Gasteiger partial charge in [0.15, 0.2) is 11.6 Å². The minimum atomic E-state index is -1.46. The lowest BCUT2D eigenvalue weighted by atomic mass is 9.46. The van der Waals surface area contributed by atoms with Gasteiger partial charge in [0.05, 0.1) is 4.87 Å². The number of ketones is 2. The summed E-state index contributed by atoms with van der Waals surface area (Å²) in [6.07, 6.45) is 2.20. The van der Waals surface area contributed by atoms with Crippen LogP contribution in [0.5, 0.6) is 0 Å². The summed E-state index contributed by atoms with van der Waals surface area (Å²) >= 11 is 7.11. The van der Waals surface area contributed by atoms with Crippen molar-refractivity contribution in [1.29, 1.82) is 0 Å². The SMILES string of the molecule is C[C@H]1C[C@@H]2[C@H]3C[C@H](F)C4=CC(=O)C=C[C@@]4(C)C3(Cl)[C@H](F)C[C@@]2(C)[C@@H]1C(=O)CO. The first kappa shape index (κ1) is 20.2. The molecule has 9 atom stereocenters. The Balaban J connectivity index is 1.84. The zero-order chi connectivity index (χ0) is 20.6. The highest BCUT2D eigenvalue weighted by Gasteiger charge is 2.72. The molecule has 0 saturated heterocycles. The molecule has 0 heterocycles. The molecule has 0 aromatic heterocycles. The molecule has 0 radical (unpaired) electrons. The molecule has 28 heavy (non-hydrogen) atoms. The Bertz CT molecular complexity index is 795. The van der Waals surface area contributed by atoms with E-state index in [0.29, 0.717) is 6.42 Å². The minimum Gasteiger partial charge on any atom is -0.389 e. The summed E-state index contributed by atoms with van der Waals surface area (Å²) in [5.74, 6) is -1.62. The largest absolute Gasteiger partial charge is 0.389 e. The van der Waals surface area contributed by atoms with Gasteiger partial charge in [-0.1, -0.05) is 26.8 Å². The summed E-state index contributed by atoms with van der Waals surface area (Å²) < 4.78 is 31.2. The van der Waals surface area contributed by atoms with Crippen LogP contribution in [0.1, 0.15) is 40.0 Å². The summed E-state index contributed by atoms with van der Waals surface area (Å²) in [5.41, 5.74) is -1.48. The van der Waals surface area contributed by atoms with Gasteiger partial charge in [-0.05, 0) is 60.2 Å². The molecule has 3 saturated carbocycles. The lowest BCUT2D eigenvalue weighted by Gasteiger charge is -2.63. The van der Waals surface area contributed by atoms with Gasteiger partial charge in [0.25, 0.3) is 0 Å². The van der Waals surface area contributed by atoms with Crippen LogP contribution in [0.3, 0.4) is 0 Å². The first-order valence-corrected chi connectivity index (χ1v) is 10.4. The minimum absolute atomic E-state index is 0.0212. The summed E-state index contributed by atoms with van der Waals surface area (Å²) in [5, 5.41) is 9.45. The maximum absolute atomic E-state index is 15.9. The monoisotopic (exact) mass is 412 g/mol. The van der Waals surface area contributed by atoms with Crippen LogP contribution in [-0.4, -0.2) is 40.5 Å². The zero-order valence-corrected chi connectivity index (χ0v) is 17.2. The van der Waals surface area contributed by atoms with Crippen molar-refractivity contribution in [3.8, 4) is 0 Å². The van der Waals surface area contributed by atoms with E-state index < -0.39 is 46.5 Å².